The first-order valence-corrected chi connectivity index (χ1v) is 5.05. The lowest BCUT2D eigenvalue weighted by atomic mass is 10.0. The highest BCUT2D eigenvalue weighted by Crippen LogP contribution is 2.22. The van der Waals surface area contributed by atoms with Gasteiger partial charge in [0.25, 0.3) is 0 Å². The van der Waals surface area contributed by atoms with Crippen LogP contribution >= 0.6 is 0 Å². The first-order valence-electron chi connectivity index (χ1n) is 5.05. The van der Waals surface area contributed by atoms with Gasteiger partial charge in [0.15, 0.2) is 0 Å². The second-order valence-electron chi connectivity index (χ2n) is 3.30. The van der Waals surface area contributed by atoms with Gasteiger partial charge in [0, 0.05) is 11.8 Å². The Morgan fingerprint density at radius 2 is 1.80 bits per heavy atom. The number of aromatic nitrogens is 1. The fraction of sp³-hybridized carbons (Fsp3) is 0.0714. The van der Waals surface area contributed by atoms with Gasteiger partial charge in [-0.1, -0.05) is 42.5 Å². The van der Waals surface area contributed by atoms with E-state index in [1.54, 1.807) is 0 Å². The van der Waals surface area contributed by atoms with Crippen LogP contribution in [0, 0.1) is 0 Å². The topological polar surface area (TPSA) is 12.9 Å². The predicted molar refractivity (Wildman–Crippen MR) is 64.4 cm³/mol. The van der Waals surface area contributed by atoms with Gasteiger partial charge in [0.2, 0.25) is 0 Å². The summed E-state index contributed by atoms with van der Waals surface area (Å²) in [6, 6.07) is 14.2. The molecule has 1 heteroatoms. The Bertz CT molecular complexity index is 458. The Kier molecular flexibility index (Phi) is 2.93. The Morgan fingerprint density at radius 1 is 1.00 bits per heavy atom. The van der Waals surface area contributed by atoms with E-state index >= 15 is 0 Å². The van der Waals surface area contributed by atoms with Crippen LogP contribution in [0.1, 0.15) is 12.5 Å². The molecule has 0 unspecified atom stereocenters. The molecule has 74 valence electrons. The van der Waals surface area contributed by atoms with Crippen LogP contribution in [0.5, 0.6) is 0 Å². The van der Waals surface area contributed by atoms with Gasteiger partial charge in [-0.05, 0) is 24.6 Å². The van der Waals surface area contributed by atoms with Crippen LogP contribution in [-0.2, 0) is 0 Å². The number of nitrogens with zero attached hydrogens (tertiary/aromatic N) is 1. The van der Waals surface area contributed by atoms with Crippen molar-refractivity contribution in [3.63, 3.8) is 0 Å². The van der Waals surface area contributed by atoms with E-state index in [9.17, 15) is 0 Å². The molecule has 0 aliphatic rings. The van der Waals surface area contributed by atoms with Crippen molar-refractivity contribution in [2.75, 3.05) is 0 Å². The van der Waals surface area contributed by atoms with Crippen LogP contribution in [0.3, 0.4) is 0 Å². The standard InChI is InChI=1S/C14H13N/c1-2-7-12-8-3-4-9-13(12)14-10-5-6-11-15-14/h2-11H,1H3/b7-2+. The van der Waals surface area contributed by atoms with E-state index in [1.807, 2.05) is 49.5 Å². The molecule has 0 bridgehead atoms. The van der Waals surface area contributed by atoms with Crippen molar-refractivity contribution in [3.8, 4) is 11.3 Å². The van der Waals surface area contributed by atoms with Crippen molar-refractivity contribution in [2.24, 2.45) is 0 Å². The maximum Gasteiger partial charge on any atom is 0.0707 e. The van der Waals surface area contributed by atoms with E-state index in [2.05, 4.69) is 23.2 Å². The summed E-state index contributed by atoms with van der Waals surface area (Å²) in [6.07, 6.45) is 5.97. The van der Waals surface area contributed by atoms with Gasteiger partial charge in [0.05, 0.1) is 5.69 Å². The van der Waals surface area contributed by atoms with E-state index in [4.69, 9.17) is 0 Å². The molecule has 1 aromatic carbocycles. The molecule has 0 N–H and O–H groups in total. The summed E-state index contributed by atoms with van der Waals surface area (Å²) < 4.78 is 0. The SMILES string of the molecule is C/C=C/c1ccccc1-c1ccccn1. The summed E-state index contributed by atoms with van der Waals surface area (Å²) in [6.45, 7) is 2.02. The first kappa shape index (κ1) is 9.66. The molecule has 15 heavy (non-hydrogen) atoms. The lowest BCUT2D eigenvalue weighted by Gasteiger charge is -2.04. The average Bonchev–Trinajstić information content (AvgIpc) is 2.31. The number of pyridine rings is 1. The molecule has 0 radical (unpaired) electrons. The molecule has 1 heterocycles. The lowest BCUT2D eigenvalue weighted by molar-refractivity contribution is 1.32. The van der Waals surface area contributed by atoms with Gasteiger partial charge in [0.1, 0.15) is 0 Å². The van der Waals surface area contributed by atoms with Gasteiger partial charge in [-0.3, -0.25) is 4.98 Å². The van der Waals surface area contributed by atoms with Crippen LogP contribution in [0.2, 0.25) is 0 Å². The van der Waals surface area contributed by atoms with Crippen molar-refractivity contribution in [2.45, 2.75) is 6.92 Å². The highest BCUT2D eigenvalue weighted by atomic mass is 14.7. The lowest BCUT2D eigenvalue weighted by Crippen LogP contribution is -1.85. The maximum atomic E-state index is 4.36. The van der Waals surface area contributed by atoms with E-state index in [-0.39, 0.29) is 0 Å². The zero-order valence-electron chi connectivity index (χ0n) is 8.72. The van der Waals surface area contributed by atoms with Gasteiger partial charge in [-0.25, -0.2) is 0 Å². The third-order valence-corrected chi connectivity index (χ3v) is 2.25. The highest BCUT2D eigenvalue weighted by molar-refractivity contribution is 5.72. The maximum absolute atomic E-state index is 4.36. The van der Waals surface area contributed by atoms with Gasteiger partial charge < -0.3 is 0 Å². The molecule has 0 saturated carbocycles. The van der Waals surface area contributed by atoms with Crippen LogP contribution in [0.15, 0.2) is 54.7 Å². The molecule has 0 atom stereocenters. The fourth-order valence-electron chi connectivity index (χ4n) is 1.58. The van der Waals surface area contributed by atoms with Gasteiger partial charge >= 0.3 is 0 Å². The molecule has 1 aromatic heterocycles. The van der Waals surface area contributed by atoms with Crippen molar-refractivity contribution < 1.29 is 0 Å². The van der Waals surface area contributed by atoms with Crippen molar-refractivity contribution >= 4 is 6.08 Å². The number of benzene rings is 1. The molecule has 0 saturated heterocycles. The third-order valence-electron chi connectivity index (χ3n) is 2.25. The Labute approximate surface area is 90.1 Å². The van der Waals surface area contributed by atoms with Crippen molar-refractivity contribution in [1.29, 1.82) is 0 Å². The molecule has 0 aliphatic heterocycles. The van der Waals surface area contributed by atoms with E-state index < -0.39 is 0 Å². The monoisotopic (exact) mass is 195 g/mol. The summed E-state index contributed by atoms with van der Waals surface area (Å²) in [4.78, 5) is 4.36. The number of allylic oxidation sites excluding steroid dienone is 1. The molecule has 1 nitrogen and oxygen atoms in total. The Balaban J connectivity index is 2.53. The Morgan fingerprint density at radius 3 is 2.53 bits per heavy atom. The number of hydrogen-bond donors (Lipinski definition) is 0. The fourth-order valence-corrected chi connectivity index (χ4v) is 1.58. The van der Waals surface area contributed by atoms with E-state index in [0.717, 1.165) is 5.69 Å². The van der Waals surface area contributed by atoms with Crippen molar-refractivity contribution in [3.05, 3.63) is 60.3 Å². The molecule has 0 amide bonds. The zero-order valence-corrected chi connectivity index (χ0v) is 8.72. The molecule has 0 fully saturated rings. The van der Waals surface area contributed by atoms with E-state index in [1.165, 1.54) is 11.1 Å². The predicted octanol–water partition coefficient (Wildman–Crippen LogP) is 3.78. The molecule has 2 rings (SSSR count). The second-order valence-corrected chi connectivity index (χ2v) is 3.30. The quantitative estimate of drug-likeness (QED) is 0.710. The van der Waals surface area contributed by atoms with Gasteiger partial charge in [-0.2, -0.15) is 0 Å². The minimum Gasteiger partial charge on any atom is -0.256 e. The van der Waals surface area contributed by atoms with Crippen LogP contribution in [0.25, 0.3) is 17.3 Å². The molecular formula is C14H13N. The highest BCUT2D eigenvalue weighted by Gasteiger charge is 2.01. The summed E-state index contributed by atoms with van der Waals surface area (Å²) >= 11 is 0. The van der Waals surface area contributed by atoms with E-state index in [0.29, 0.717) is 0 Å². The molecule has 2 aromatic rings. The van der Waals surface area contributed by atoms with Gasteiger partial charge in [-0.15, -0.1) is 0 Å². The molecule has 0 aliphatic carbocycles. The smallest absolute Gasteiger partial charge is 0.0707 e. The summed E-state index contributed by atoms with van der Waals surface area (Å²) in [7, 11) is 0. The molecular weight excluding hydrogens is 182 g/mol. The molecule has 0 spiro atoms. The van der Waals surface area contributed by atoms with Crippen LogP contribution in [0.4, 0.5) is 0 Å². The first-order chi connectivity index (χ1) is 7.42. The zero-order chi connectivity index (χ0) is 10.5. The second kappa shape index (κ2) is 4.56. The number of rotatable bonds is 2. The summed E-state index contributed by atoms with van der Waals surface area (Å²) in [5.74, 6) is 0. The summed E-state index contributed by atoms with van der Waals surface area (Å²) in [5.41, 5.74) is 3.40. The minimum atomic E-state index is 1.02. The third kappa shape index (κ3) is 2.13. The van der Waals surface area contributed by atoms with Crippen LogP contribution < -0.4 is 0 Å². The average molecular weight is 195 g/mol. The van der Waals surface area contributed by atoms with Crippen LogP contribution in [-0.4, -0.2) is 4.98 Å². The Hall–Kier alpha value is -1.89. The summed E-state index contributed by atoms with van der Waals surface area (Å²) in [5, 5.41) is 0. The normalized spacial score (nSPS) is 10.7. The van der Waals surface area contributed by atoms with Crippen molar-refractivity contribution in [1.82, 2.24) is 4.98 Å². The number of hydrogen-bond acceptors (Lipinski definition) is 1. The minimum absolute atomic E-state index is 1.02. The largest absolute Gasteiger partial charge is 0.256 e.